The molecule has 19 heavy (non-hydrogen) atoms. The molecule has 1 atom stereocenters. The summed E-state index contributed by atoms with van der Waals surface area (Å²) in [5, 5.41) is 3.37. The molecule has 0 aliphatic carbocycles. The number of aryl methyl sites for hydroxylation is 1. The standard InChI is InChI=1S/C15H19N3O/c1-4-16-11(2)13-7-9-18-15(10-13)19-14-6-5-8-17-12(14)3/h5-11,16H,4H2,1-3H3. The summed E-state index contributed by atoms with van der Waals surface area (Å²) in [5.74, 6) is 1.33. The zero-order valence-corrected chi connectivity index (χ0v) is 11.6. The van der Waals surface area contributed by atoms with E-state index in [-0.39, 0.29) is 6.04 Å². The molecule has 0 radical (unpaired) electrons. The second-order valence-electron chi connectivity index (χ2n) is 4.40. The Morgan fingerprint density at radius 2 is 2.11 bits per heavy atom. The molecule has 2 aromatic heterocycles. The number of ether oxygens (including phenoxy) is 1. The molecule has 0 fully saturated rings. The van der Waals surface area contributed by atoms with Crippen molar-refractivity contribution in [2.24, 2.45) is 0 Å². The van der Waals surface area contributed by atoms with Crippen LogP contribution in [-0.4, -0.2) is 16.5 Å². The average Bonchev–Trinajstić information content (AvgIpc) is 2.42. The van der Waals surface area contributed by atoms with Crippen LogP contribution in [0.15, 0.2) is 36.7 Å². The first-order valence-electron chi connectivity index (χ1n) is 6.49. The first kappa shape index (κ1) is 13.5. The van der Waals surface area contributed by atoms with Crippen LogP contribution in [0.5, 0.6) is 11.6 Å². The van der Waals surface area contributed by atoms with Crippen molar-refractivity contribution in [2.75, 3.05) is 6.54 Å². The Morgan fingerprint density at radius 3 is 2.84 bits per heavy atom. The van der Waals surface area contributed by atoms with Crippen LogP contribution in [0.1, 0.15) is 31.1 Å². The molecule has 4 heteroatoms. The third kappa shape index (κ3) is 3.51. The van der Waals surface area contributed by atoms with E-state index in [4.69, 9.17) is 4.74 Å². The minimum absolute atomic E-state index is 0.283. The molecule has 0 saturated carbocycles. The lowest BCUT2D eigenvalue weighted by Gasteiger charge is -2.13. The molecular formula is C15H19N3O. The van der Waals surface area contributed by atoms with E-state index in [1.54, 1.807) is 12.4 Å². The highest BCUT2D eigenvalue weighted by atomic mass is 16.5. The molecule has 0 saturated heterocycles. The SMILES string of the molecule is CCNC(C)c1ccnc(Oc2cccnc2C)c1. The molecule has 2 rings (SSSR count). The van der Waals surface area contributed by atoms with E-state index in [0.29, 0.717) is 5.88 Å². The Hall–Kier alpha value is -1.94. The van der Waals surface area contributed by atoms with Crippen LogP contribution in [0.25, 0.3) is 0 Å². The van der Waals surface area contributed by atoms with Gasteiger partial charge >= 0.3 is 0 Å². The predicted octanol–water partition coefficient (Wildman–Crippen LogP) is 3.25. The minimum Gasteiger partial charge on any atom is -0.437 e. The smallest absolute Gasteiger partial charge is 0.219 e. The van der Waals surface area contributed by atoms with Crippen molar-refractivity contribution in [3.63, 3.8) is 0 Å². The quantitative estimate of drug-likeness (QED) is 0.893. The van der Waals surface area contributed by atoms with Crippen molar-refractivity contribution in [3.8, 4) is 11.6 Å². The van der Waals surface area contributed by atoms with Gasteiger partial charge in [-0.05, 0) is 44.2 Å². The summed E-state index contributed by atoms with van der Waals surface area (Å²) in [5.41, 5.74) is 2.02. The Bertz CT molecular complexity index is 542. The van der Waals surface area contributed by atoms with Gasteiger partial charge in [-0.15, -0.1) is 0 Å². The molecule has 0 aliphatic rings. The normalized spacial score (nSPS) is 12.2. The molecular weight excluding hydrogens is 238 g/mol. The fourth-order valence-corrected chi connectivity index (χ4v) is 1.86. The van der Waals surface area contributed by atoms with Gasteiger partial charge in [-0.25, -0.2) is 4.98 Å². The van der Waals surface area contributed by atoms with Crippen molar-refractivity contribution in [1.82, 2.24) is 15.3 Å². The maximum atomic E-state index is 5.78. The largest absolute Gasteiger partial charge is 0.437 e. The lowest BCUT2D eigenvalue weighted by atomic mass is 10.1. The lowest BCUT2D eigenvalue weighted by Crippen LogP contribution is -2.17. The first-order chi connectivity index (χ1) is 9.20. The van der Waals surface area contributed by atoms with Gasteiger partial charge in [0.05, 0.1) is 5.69 Å². The molecule has 0 aromatic carbocycles. The van der Waals surface area contributed by atoms with Crippen LogP contribution >= 0.6 is 0 Å². The van der Waals surface area contributed by atoms with Crippen LogP contribution in [0.4, 0.5) is 0 Å². The summed E-state index contributed by atoms with van der Waals surface area (Å²) >= 11 is 0. The monoisotopic (exact) mass is 257 g/mol. The molecule has 2 heterocycles. The van der Waals surface area contributed by atoms with Gasteiger partial charge < -0.3 is 10.1 Å². The fourth-order valence-electron chi connectivity index (χ4n) is 1.86. The highest BCUT2D eigenvalue weighted by Gasteiger charge is 2.07. The van der Waals surface area contributed by atoms with Crippen LogP contribution in [0.2, 0.25) is 0 Å². The number of hydrogen-bond acceptors (Lipinski definition) is 4. The average molecular weight is 257 g/mol. The number of pyridine rings is 2. The second kappa shape index (κ2) is 6.29. The minimum atomic E-state index is 0.283. The van der Waals surface area contributed by atoms with E-state index in [9.17, 15) is 0 Å². The summed E-state index contributed by atoms with van der Waals surface area (Å²) in [6, 6.07) is 7.99. The molecule has 100 valence electrons. The third-order valence-corrected chi connectivity index (χ3v) is 2.94. The van der Waals surface area contributed by atoms with Crippen molar-refractivity contribution < 1.29 is 4.74 Å². The maximum Gasteiger partial charge on any atom is 0.219 e. The van der Waals surface area contributed by atoms with Crippen LogP contribution in [0.3, 0.4) is 0 Å². The van der Waals surface area contributed by atoms with Gasteiger partial charge in [0.1, 0.15) is 0 Å². The van der Waals surface area contributed by atoms with Crippen molar-refractivity contribution in [2.45, 2.75) is 26.8 Å². The van der Waals surface area contributed by atoms with Crippen molar-refractivity contribution >= 4 is 0 Å². The number of hydrogen-bond donors (Lipinski definition) is 1. The fraction of sp³-hybridized carbons (Fsp3) is 0.333. The van der Waals surface area contributed by atoms with Crippen molar-refractivity contribution in [1.29, 1.82) is 0 Å². The lowest BCUT2D eigenvalue weighted by molar-refractivity contribution is 0.454. The number of aromatic nitrogens is 2. The summed E-state index contributed by atoms with van der Waals surface area (Å²) in [6.07, 6.45) is 3.52. The summed E-state index contributed by atoms with van der Waals surface area (Å²) < 4.78 is 5.78. The Kier molecular flexibility index (Phi) is 4.47. The summed E-state index contributed by atoms with van der Waals surface area (Å²) in [7, 11) is 0. The third-order valence-electron chi connectivity index (χ3n) is 2.94. The van der Waals surface area contributed by atoms with E-state index in [2.05, 4.69) is 29.1 Å². The van der Waals surface area contributed by atoms with Gasteiger partial charge in [-0.2, -0.15) is 0 Å². The number of rotatable bonds is 5. The molecule has 0 bridgehead atoms. The van der Waals surface area contributed by atoms with E-state index in [1.165, 1.54) is 0 Å². The van der Waals surface area contributed by atoms with E-state index >= 15 is 0 Å². The molecule has 1 N–H and O–H groups in total. The van der Waals surface area contributed by atoms with E-state index in [1.807, 2.05) is 31.2 Å². The van der Waals surface area contributed by atoms with Gasteiger partial charge in [-0.3, -0.25) is 4.98 Å². The van der Waals surface area contributed by atoms with Gasteiger partial charge in [0.15, 0.2) is 5.75 Å². The molecule has 0 aliphatic heterocycles. The van der Waals surface area contributed by atoms with E-state index < -0.39 is 0 Å². The molecule has 0 spiro atoms. The highest BCUT2D eigenvalue weighted by molar-refractivity contribution is 5.32. The molecule has 4 nitrogen and oxygen atoms in total. The van der Waals surface area contributed by atoms with Crippen LogP contribution in [0, 0.1) is 6.92 Å². The summed E-state index contributed by atoms with van der Waals surface area (Å²) in [6.45, 7) is 7.06. The second-order valence-corrected chi connectivity index (χ2v) is 4.40. The first-order valence-corrected chi connectivity index (χ1v) is 6.49. The van der Waals surface area contributed by atoms with Gasteiger partial charge in [0, 0.05) is 24.5 Å². The zero-order chi connectivity index (χ0) is 13.7. The number of nitrogens with zero attached hydrogens (tertiary/aromatic N) is 2. The van der Waals surface area contributed by atoms with E-state index in [0.717, 1.165) is 23.6 Å². The van der Waals surface area contributed by atoms with Gasteiger partial charge in [0.25, 0.3) is 0 Å². The predicted molar refractivity (Wildman–Crippen MR) is 75.4 cm³/mol. The van der Waals surface area contributed by atoms with Gasteiger partial charge in [-0.1, -0.05) is 6.92 Å². The highest BCUT2D eigenvalue weighted by Crippen LogP contribution is 2.23. The topological polar surface area (TPSA) is 47.0 Å². The molecule has 2 aromatic rings. The Labute approximate surface area is 113 Å². The van der Waals surface area contributed by atoms with Crippen LogP contribution in [-0.2, 0) is 0 Å². The molecule has 1 unspecified atom stereocenters. The summed E-state index contributed by atoms with van der Waals surface area (Å²) in [4.78, 5) is 8.44. The molecule has 0 amide bonds. The number of nitrogens with one attached hydrogen (secondary N) is 1. The zero-order valence-electron chi connectivity index (χ0n) is 11.6. The van der Waals surface area contributed by atoms with Crippen molar-refractivity contribution in [3.05, 3.63) is 47.9 Å². The Morgan fingerprint density at radius 1 is 1.26 bits per heavy atom. The Balaban J connectivity index is 2.18. The maximum absolute atomic E-state index is 5.78. The van der Waals surface area contributed by atoms with Gasteiger partial charge in [0.2, 0.25) is 5.88 Å². The van der Waals surface area contributed by atoms with Crippen LogP contribution < -0.4 is 10.1 Å².